The van der Waals surface area contributed by atoms with E-state index in [1.165, 1.54) is 0 Å². The van der Waals surface area contributed by atoms with Gasteiger partial charge in [0.2, 0.25) is 0 Å². The first-order valence-electron chi connectivity index (χ1n) is 2.69. The van der Waals surface area contributed by atoms with Crippen molar-refractivity contribution in [3.8, 4) is 0 Å². The zero-order valence-corrected chi connectivity index (χ0v) is 5.83. The lowest BCUT2D eigenvalue weighted by Gasteiger charge is -2.28. The molecule has 0 bridgehead atoms. The summed E-state index contributed by atoms with van der Waals surface area (Å²) >= 11 is 0. The summed E-state index contributed by atoms with van der Waals surface area (Å²) in [5.74, 6) is 0. The van der Waals surface area contributed by atoms with Gasteiger partial charge in [-0.2, -0.15) is 13.2 Å². The third-order valence-electron chi connectivity index (χ3n) is 1.44. The standard InChI is InChI=1S/C5H10F3NO/c1-4(3-9,10-2)5(6,7)8/h3,9H2,1-2H3/t4-/m1/s1. The second-order valence-corrected chi connectivity index (χ2v) is 2.14. The number of hydrogen-bond donors (Lipinski definition) is 1. The molecule has 0 amide bonds. The predicted octanol–water partition coefficient (Wildman–Crippen LogP) is 0.912. The molecule has 0 saturated carbocycles. The molecular formula is C5H10F3NO. The summed E-state index contributed by atoms with van der Waals surface area (Å²) in [6, 6.07) is 0. The van der Waals surface area contributed by atoms with Crippen LogP contribution in [0.2, 0.25) is 0 Å². The molecule has 10 heavy (non-hydrogen) atoms. The van der Waals surface area contributed by atoms with Crippen molar-refractivity contribution in [3.05, 3.63) is 0 Å². The Morgan fingerprint density at radius 3 is 1.80 bits per heavy atom. The maximum atomic E-state index is 11.9. The first-order chi connectivity index (χ1) is 4.37. The van der Waals surface area contributed by atoms with Gasteiger partial charge in [-0.1, -0.05) is 0 Å². The van der Waals surface area contributed by atoms with E-state index in [4.69, 9.17) is 5.73 Å². The van der Waals surface area contributed by atoms with Gasteiger partial charge in [0.25, 0.3) is 0 Å². The number of ether oxygens (including phenoxy) is 1. The van der Waals surface area contributed by atoms with Crippen molar-refractivity contribution in [1.29, 1.82) is 0 Å². The lowest BCUT2D eigenvalue weighted by atomic mass is 10.1. The molecule has 0 fully saturated rings. The molecule has 0 radical (unpaired) electrons. The number of methoxy groups -OCH3 is 1. The first-order valence-corrected chi connectivity index (χ1v) is 2.69. The van der Waals surface area contributed by atoms with Gasteiger partial charge in [0.15, 0.2) is 5.60 Å². The SMILES string of the molecule is CO[C@](C)(CN)C(F)(F)F. The van der Waals surface area contributed by atoms with Gasteiger partial charge >= 0.3 is 6.18 Å². The van der Waals surface area contributed by atoms with Gasteiger partial charge in [0.1, 0.15) is 0 Å². The lowest BCUT2D eigenvalue weighted by Crippen LogP contribution is -2.50. The van der Waals surface area contributed by atoms with E-state index in [9.17, 15) is 13.2 Å². The summed E-state index contributed by atoms with van der Waals surface area (Å²) < 4.78 is 39.9. The van der Waals surface area contributed by atoms with Gasteiger partial charge in [0, 0.05) is 13.7 Å². The molecule has 0 saturated heterocycles. The van der Waals surface area contributed by atoms with E-state index in [-0.39, 0.29) is 0 Å². The van der Waals surface area contributed by atoms with E-state index >= 15 is 0 Å². The van der Waals surface area contributed by atoms with Gasteiger partial charge in [0.05, 0.1) is 0 Å². The monoisotopic (exact) mass is 157 g/mol. The van der Waals surface area contributed by atoms with Gasteiger partial charge in [-0.3, -0.25) is 0 Å². The van der Waals surface area contributed by atoms with Crippen molar-refractivity contribution in [1.82, 2.24) is 0 Å². The maximum Gasteiger partial charge on any atom is 0.418 e. The summed E-state index contributed by atoms with van der Waals surface area (Å²) in [4.78, 5) is 0. The molecule has 0 aliphatic heterocycles. The molecule has 0 aliphatic rings. The molecule has 0 rings (SSSR count). The summed E-state index contributed by atoms with van der Waals surface area (Å²) in [6.45, 7) is 0.347. The molecule has 0 spiro atoms. The zero-order valence-electron chi connectivity index (χ0n) is 5.83. The molecule has 0 aromatic heterocycles. The lowest BCUT2D eigenvalue weighted by molar-refractivity contribution is -0.258. The molecular weight excluding hydrogens is 147 g/mol. The van der Waals surface area contributed by atoms with Crippen molar-refractivity contribution in [2.45, 2.75) is 18.7 Å². The van der Waals surface area contributed by atoms with Crippen LogP contribution in [0.25, 0.3) is 0 Å². The Bertz CT molecular complexity index is 108. The van der Waals surface area contributed by atoms with E-state index in [0.29, 0.717) is 0 Å². The van der Waals surface area contributed by atoms with Crippen LogP contribution in [0.15, 0.2) is 0 Å². The Morgan fingerprint density at radius 1 is 1.40 bits per heavy atom. The van der Waals surface area contributed by atoms with Crippen LogP contribution in [-0.2, 0) is 4.74 Å². The van der Waals surface area contributed by atoms with Crippen LogP contribution in [0.1, 0.15) is 6.92 Å². The molecule has 0 aromatic carbocycles. The van der Waals surface area contributed by atoms with E-state index in [2.05, 4.69) is 4.74 Å². The number of nitrogens with two attached hydrogens (primary N) is 1. The van der Waals surface area contributed by atoms with E-state index in [1.54, 1.807) is 0 Å². The van der Waals surface area contributed by atoms with Crippen LogP contribution in [0, 0.1) is 0 Å². The average molecular weight is 157 g/mol. The van der Waals surface area contributed by atoms with Crippen LogP contribution in [-0.4, -0.2) is 25.4 Å². The third kappa shape index (κ3) is 1.60. The predicted molar refractivity (Wildman–Crippen MR) is 30.5 cm³/mol. The quantitative estimate of drug-likeness (QED) is 0.646. The van der Waals surface area contributed by atoms with E-state index in [0.717, 1.165) is 14.0 Å². The van der Waals surface area contributed by atoms with Crippen molar-refractivity contribution in [2.75, 3.05) is 13.7 Å². The smallest absolute Gasteiger partial charge is 0.368 e. The minimum absolute atomic E-state index is 0.562. The van der Waals surface area contributed by atoms with Gasteiger partial charge in [-0.15, -0.1) is 0 Å². The van der Waals surface area contributed by atoms with Crippen LogP contribution in [0.4, 0.5) is 13.2 Å². The summed E-state index contributed by atoms with van der Waals surface area (Å²) in [5, 5.41) is 0. The molecule has 1 atom stereocenters. The summed E-state index contributed by atoms with van der Waals surface area (Å²) in [6.07, 6.45) is -4.39. The number of rotatable bonds is 2. The third-order valence-corrected chi connectivity index (χ3v) is 1.44. The Labute approximate surface area is 57.1 Å². The molecule has 0 heterocycles. The fourth-order valence-corrected chi connectivity index (χ4v) is 0.315. The highest BCUT2D eigenvalue weighted by molar-refractivity contribution is 4.83. The van der Waals surface area contributed by atoms with Gasteiger partial charge in [-0.25, -0.2) is 0 Å². The number of alkyl halides is 3. The molecule has 5 heteroatoms. The van der Waals surface area contributed by atoms with Crippen molar-refractivity contribution < 1.29 is 17.9 Å². The normalized spacial score (nSPS) is 18.6. The highest BCUT2D eigenvalue weighted by Crippen LogP contribution is 2.31. The van der Waals surface area contributed by atoms with Crippen LogP contribution in [0.3, 0.4) is 0 Å². The molecule has 0 aliphatic carbocycles. The minimum Gasteiger partial charge on any atom is -0.368 e. The Balaban J connectivity index is 4.33. The number of hydrogen-bond acceptors (Lipinski definition) is 2. The average Bonchev–Trinajstić information content (AvgIpc) is 1.84. The van der Waals surface area contributed by atoms with Crippen LogP contribution >= 0.6 is 0 Å². The highest BCUT2D eigenvalue weighted by Gasteiger charge is 2.50. The number of halogens is 3. The molecule has 2 nitrogen and oxygen atoms in total. The fourth-order valence-electron chi connectivity index (χ4n) is 0.315. The summed E-state index contributed by atoms with van der Waals surface area (Å²) in [7, 11) is 0.986. The minimum atomic E-state index is -4.39. The van der Waals surface area contributed by atoms with Crippen LogP contribution < -0.4 is 5.73 Å². The Morgan fingerprint density at radius 2 is 1.80 bits per heavy atom. The molecule has 62 valence electrons. The molecule has 2 N–H and O–H groups in total. The van der Waals surface area contributed by atoms with Crippen molar-refractivity contribution >= 4 is 0 Å². The Hall–Kier alpha value is -0.290. The summed E-state index contributed by atoms with van der Waals surface area (Å²) in [5.41, 5.74) is 2.66. The van der Waals surface area contributed by atoms with Gasteiger partial charge < -0.3 is 10.5 Å². The van der Waals surface area contributed by atoms with Crippen molar-refractivity contribution in [3.63, 3.8) is 0 Å². The first kappa shape index (κ1) is 9.71. The highest BCUT2D eigenvalue weighted by atomic mass is 19.4. The second-order valence-electron chi connectivity index (χ2n) is 2.14. The zero-order chi connectivity index (χ0) is 8.41. The largest absolute Gasteiger partial charge is 0.418 e. The topological polar surface area (TPSA) is 35.2 Å². The van der Waals surface area contributed by atoms with Crippen molar-refractivity contribution in [2.24, 2.45) is 5.73 Å². The second kappa shape index (κ2) is 2.75. The molecule has 0 unspecified atom stereocenters. The van der Waals surface area contributed by atoms with Gasteiger partial charge in [-0.05, 0) is 6.92 Å². The maximum absolute atomic E-state index is 11.9. The van der Waals surface area contributed by atoms with E-state index < -0.39 is 18.3 Å². The van der Waals surface area contributed by atoms with E-state index in [1.807, 2.05) is 0 Å². The fraction of sp³-hybridized carbons (Fsp3) is 1.00. The molecule has 0 aromatic rings. The Kier molecular flexibility index (Phi) is 2.67. The van der Waals surface area contributed by atoms with Crippen LogP contribution in [0.5, 0.6) is 0 Å².